The number of aromatic nitrogens is 1. The molecule has 1 unspecified atom stereocenters. The van der Waals surface area contributed by atoms with Gasteiger partial charge in [0.15, 0.2) is 6.10 Å². The van der Waals surface area contributed by atoms with E-state index >= 15 is 0 Å². The summed E-state index contributed by atoms with van der Waals surface area (Å²) in [7, 11) is -3.48. The zero-order valence-electron chi connectivity index (χ0n) is 17.3. The second kappa shape index (κ2) is 10.2. The monoisotopic (exact) mass is 443 g/mol. The zero-order chi connectivity index (χ0) is 22.3. The molecule has 1 N–H and O–H groups in total. The SMILES string of the molecule is CC(Oc1ccc(C#N)cc1)C(=O)NCCS(=O)(=O)N1CCN(c2ccccn2)CC1. The standard InChI is InChI=1S/C21H25N5O4S/c1-17(30-19-7-5-18(16-22)6-8-19)21(27)24-10-15-31(28,29)26-13-11-25(12-14-26)20-4-2-3-9-23-20/h2-9,17H,10-15H2,1H3,(H,24,27). The first-order valence-electron chi connectivity index (χ1n) is 9.97. The summed E-state index contributed by atoms with van der Waals surface area (Å²) < 4.78 is 32.2. The number of nitrogens with zero attached hydrogens (tertiary/aromatic N) is 4. The molecule has 1 aromatic heterocycles. The Bertz CT molecular complexity index is 1010. The molecule has 1 atom stereocenters. The van der Waals surface area contributed by atoms with Crippen molar-refractivity contribution in [3.8, 4) is 11.8 Å². The van der Waals surface area contributed by atoms with Crippen molar-refractivity contribution in [1.29, 1.82) is 5.26 Å². The topological polar surface area (TPSA) is 116 Å². The first kappa shape index (κ1) is 22.5. The number of sulfonamides is 1. The fourth-order valence-corrected chi connectivity index (χ4v) is 4.52. The number of anilines is 1. The lowest BCUT2D eigenvalue weighted by Crippen LogP contribution is -2.50. The molecular weight excluding hydrogens is 418 g/mol. The molecule has 0 spiro atoms. The molecule has 1 aliphatic heterocycles. The van der Waals surface area contributed by atoms with Gasteiger partial charge in [0.1, 0.15) is 11.6 Å². The minimum atomic E-state index is -3.48. The van der Waals surface area contributed by atoms with E-state index in [-0.39, 0.29) is 12.3 Å². The van der Waals surface area contributed by atoms with E-state index in [1.54, 1.807) is 37.4 Å². The minimum Gasteiger partial charge on any atom is -0.481 e. The van der Waals surface area contributed by atoms with Crippen LogP contribution in [-0.2, 0) is 14.8 Å². The maximum atomic E-state index is 12.6. The predicted molar refractivity (Wildman–Crippen MR) is 116 cm³/mol. The van der Waals surface area contributed by atoms with Gasteiger partial charge in [-0.05, 0) is 43.3 Å². The minimum absolute atomic E-state index is 0.00267. The maximum absolute atomic E-state index is 12.6. The number of amides is 1. The van der Waals surface area contributed by atoms with Crippen LogP contribution in [0.3, 0.4) is 0 Å². The molecule has 10 heteroatoms. The van der Waals surface area contributed by atoms with Crippen molar-refractivity contribution in [2.75, 3.05) is 43.4 Å². The molecule has 0 aliphatic carbocycles. The van der Waals surface area contributed by atoms with Crippen molar-refractivity contribution < 1.29 is 17.9 Å². The summed E-state index contributed by atoms with van der Waals surface area (Å²) in [6.45, 7) is 3.48. The van der Waals surface area contributed by atoms with Crippen molar-refractivity contribution >= 4 is 21.7 Å². The summed E-state index contributed by atoms with van der Waals surface area (Å²) in [5.74, 6) is 0.717. The van der Waals surface area contributed by atoms with E-state index in [4.69, 9.17) is 10.00 Å². The summed E-state index contributed by atoms with van der Waals surface area (Å²) in [5.41, 5.74) is 0.496. The molecule has 1 saturated heterocycles. The van der Waals surface area contributed by atoms with Gasteiger partial charge in [-0.1, -0.05) is 6.07 Å². The first-order chi connectivity index (χ1) is 14.9. The third-order valence-electron chi connectivity index (χ3n) is 4.93. The van der Waals surface area contributed by atoms with Gasteiger partial charge in [-0.2, -0.15) is 9.57 Å². The maximum Gasteiger partial charge on any atom is 0.260 e. The number of benzene rings is 1. The van der Waals surface area contributed by atoms with E-state index < -0.39 is 22.0 Å². The number of rotatable bonds is 8. The van der Waals surface area contributed by atoms with Crippen LogP contribution in [0.25, 0.3) is 0 Å². The lowest BCUT2D eigenvalue weighted by molar-refractivity contribution is -0.127. The van der Waals surface area contributed by atoms with Gasteiger partial charge in [0.25, 0.3) is 5.91 Å². The van der Waals surface area contributed by atoms with Crippen molar-refractivity contribution in [3.63, 3.8) is 0 Å². The van der Waals surface area contributed by atoms with Crippen LogP contribution in [0, 0.1) is 11.3 Å². The molecule has 0 radical (unpaired) electrons. The normalized spacial score (nSPS) is 15.7. The average molecular weight is 444 g/mol. The number of nitriles is 1. The Morgan fingerprint density at radius 3 is 2.52 bits per heavy atom. The average Bonchev–Trinajstić information content (AvgIpc) is 2.80. The summed E-state index contributed by atoms with van der Waals surface area (Å²) in [4.78, 5) is 18.6. The molecule has 164 valence electrons. The molecule has 2 aromatic rings. The number of ether oxygens (including phenoxy) is 1. The Kier molecular flexibility index (Phi) is 7.44. The molecule has 1 aromatic carbocycles. The Balaban J connectivity index is 1.42. The number of carbonyl (C=O) groups excluding carboxylic acids is 1. The molecule has 31 heavy (non-hydrogen) atoms. The van der Waals surface area contributed by atoms with Gasteiger partial charge in [-0.25, -0.2) is 13.4 Å². The highest BCUT2D eigenvalue weighted by molar-refractivity contribution is 7.89. The Hall–Kier alpha value is -3.16. The van der Waals surface area contributed by atoms with Crippen LogP contribution < -0.4 is 15.0 Å². The van der Waals surface area contributed by atoms with E-state index in [0.29, 0.717) is 37.5 Å². The van der Waals surface area contributed by atoms with E-state index in [1.807, 2.05) is 24.3 Å². The smallest absolute Gasteiger partial charge is 0.260 e. The first-order valence-corrected chi connectivity index (χ1v) is 11.6. The number of hydrogen-bond acceptors (Lipinski definition) is 7. The summed E-state index contributed by atoms with van der Waals surface area (Å²) in [6.07, 6.45) is 0.922. The highest BCUT2D eigenvalue weighted by Gasteiger charge is 2.27. The molecule has 0 saturated carbocycles. The van der Waals surface area contributed by atoms with Crippen LogP contribution in [-0.4, -0.2) is 68.2 Å². The van der Waals surface area contributed by atoms with Crippen molar-refractivity contribution in [2.24, 2.45) is 0 Å². The van der Waals surface area contributed by atoms with Gasteiger partial charge in [-0.3, -0.25) is 4.79 Å². The number of piperazine rings is 1. The fourth-order valence-electron chi connectivity index (χ4n) is 3.18. The van der Waals surface area contributed by atoms with E-state index in [2.05, 4.69) is 15.2 Å². The van der Waals surface area contributed by atoms with Crippen LogP contribution >= 0.6 is 0 Å². The lowest BCUT2D eigenvalue weighted by Gasteiger charge is -2.34. The van der Waals surface area contributed by atoms with Gasteiger partial charge in [0.05, 0.1) is 17.4 Å². The molecule has 1 amide bonds. The Labute approximate surface area is 182 Å². The van der Waals surface area contributed by atoms with Gasteiger partial charge in [-0.15, -0.1) is 0 Å². The lowest BCUT2D eigenvalue weighted by atomic mass is 10.2. The number of pyridine rings is 1. The van der Waals surface area contributed by atoms with Gasteiger partial charge < -0.3 is 15.0 Å². The number of carbonyl (C=O) groups is 1. The van der Waals surface area contributed by atoms with Crippen LogP contribution in [0.4, 0.5) is 5.82 Å². The Morgan fingerprint density at radius 2 is 1.90 bits per heavy atom. The van der Waals surface area contributed by atoms with E-state index in [9.17, 15) is 13.2 Å². The largest absolute Gasteiger partial charge is 0.481 e. The fraction of sp³-hybridized carbons (Fsp3) is 0.381. The van der Waals surface area contributed by atoms with Crippen molar-refractivity contribution in [2.45, 2.75) is 13.0 Å². The summed E-state index contributed by atoms with van der Waals surface area (Å²) in [6, 6.07) is 14.1. The molecule has 1 fully saturated rings. The number of hydrogen-bond donors (Lipinski definition) is 1. The molecule has 9 nitrogen and oxygen atoms in total. The zero-order valence-corrected chi connectivity index (χ0v) is 18.1. The van der Waals surface area contributed by atoms with Gasteiger partial charge in [0, 0.05) is 38.9 Å². The van der Waals surface area contributed by atoms with Crippen LogP contribution in [0.1, 0.15) is 12.5 Å². The van der Waals surface area contributed by atoms with Gasteiger partial charge in [0.2, 0.25) is 10.0 Å². The molecule has 1 aliphatic rings. The highest BCUT2D eigenvalue weighted by atomic mass is 32.2. The van der Waals surface area contributed by atoms with Crippen molar-refractivity contribution in [1.82, 2.24) is 14.6 Å². The second-order valence-corrected chi connectivity index (χ2v) is 9.17. The van der Waals surface area contributed by atoms with Crippen LogP contribution in [0.15, 0.2) is 48.7 Å². The highest BCUT2D eigenvalue weighted by Crippen LogP contribution is 2.15. The number of nitrogens with one attached hydrogen (secondary N) is 1. The van der Waals surface area contributed by atoms with Crippen LogP contribution in [0.2, 0.25) is 0 Å². The summed E-state index contributed by atoms with van der Waals surface area (Å²) >= 11 is 0. The van der Waals surface area contributed by atoms with Gasteiger partial charge >= 0.3 is 0 Å². The van der Waals surface area contributed by atoms with Crippen molar-refractivity contribution in [3.05, 3.63) is 54.2 Å². The Morgan fingerprint density at radius 1 is 1.19 bits per heavy atom. The van der Waals surface area contributed by atoms with Crippen LogP contribution in [0.5, 0.6) is 5.75 Å². The molecule has 2 heterocycles. The third kappa shape index (κ3) is 6.16. The second-order valence-electron chi connectivity index (χ2n) is 7.08. The third-order valence-corrected chi connectivity index (χ3v) is 6.80. The van der Waals surface area contributed by atoms with E-state index in [0.717, 1.165) is 5.82 Å². The summed E-state index contributed by atoms with van der Waals surface area (Å²) in [5, 5.41) is 11.4. The molecule has 3 rings (SSSR count). The molecule has 0 bridgehead atoms. The quantitative estimate of drug-likeness (QED) is 0.647. The van der Waals surface area contributed by atoms with E-state index in [1.165, 1.54) is 4.31 Å². The molecular formula is C21H25N5O4S. The predicted octanol–water partition coefficient (Wildman–Crippen LogP) is 0.989.